The lowest BCUT2D eigenvalue weighted by Crippen LogP contribution is -2.10. The molecule has 102 valence electrons. The fourth-order valence-corrected chi connectivity index (χ4v) is 2.48. The third-order valence-corrected chi connectivity index (χ3v) is 3.51. The Hall–Kier alpha value is -1.97. The molecule has 0 aliphatic heterocycles. The van der Waals surface area contributed by atoms with Gasteiger partial charge in [0, 0.05) is 29.2 Å². The third-order valence-electron chi connectivity index (χ3n) is 3.19. The summed E-state index contributed by atoms with van der Waals surface area (Å²) in [6, 6.07) is 13.9. The molecule has 3 rings (SSSR count). The highest BCUT2D eigenvalue weighted by Crippen LogP contribution is 2.32. The molecule has 0 atom stereocenters. The van der Waals surface area contributed by atoms with Crippen LogP contribution in [0.3, 0.4) is 0 Å². The average Bonchev–Trinajstić information content (AvgIpc) is 2.92. The van der Waals surface area contributed by atoms with Gasteiger partial charge < -0.3 is 15.5 Å². The van der Waals surface area contributed by atoms with E-state index in [0.29, 0.717) is 13.2 Å². The van der Waals surface area contributed by atoms with Crippen molar-refractivity contribution in [2.45, 2.75) is 0 Å². The van der Waals surface area contributed by atoms with Crippen LogP contribution in [0, 0.1) is 0 Å². The van der Waals surface area contributed by atoms with E-state index < -0.39 is 0 Å². The van der Waals surface area contributed by atoms with Crippen molar-refractivity contribution in [1.29, 1.82) is 0 Å². The lowest BCUT2D eigenvalue weighted by atomic mass is 10.0. The maximum Gasteiger partial charge on any atom is 0.119 e. The van der Waals surface area contributed by atoms with E-state index in [4.69, 9.17) is 22.1 Å². The predicted molar refractivity (Wildman–Crippen MR) is 83.3 cm³/mol. The van der Waals surface area contributed by atoms with Crippen molar-refractivity contribution in [1.82, 2.24) is 4.98 Å². The molecule has 0 fully saturated rings. The number of nitrogens with one attached hydrogen (secondary N) is 1. The Bertz CT molecular complexity index is 719. The zero-order chi connectivity index (χ0) is 13.9. The second kappa shape index (κ2) is 5.57. The Morgan fingerprint density at radius 1 is 1.10 bits per heavy atom. The molecule has 0 saturated carbocycles. The highest BCUT2D eigenvalue weighted by Gasteiger charge is 2.06. The summed E-state index contributed by atoms with van der Waals surface area (Å²) in [5.41, 5.74) is 8.54. The van der Waals surface area contributed by atoms with Gasteiger partial charge in [0.15, 0.2) is 0 Å². The van der Waals surface area contributed by atoms with Gasteiger partial charge in [0.2, 0.25) is 0 Å². The van der Waals surface area contributed by atoms with Crippen molar-refractivity contribution in [2.24, 2.45) is 5.73 Å². The normalized spacial score (nSPS) is 10.9. The quantitative estimate of drug-likeness (QED) is 0.766. The molecule has 0 saturated heterocycles. The molecule has 2 aromatic carbocycles. The van der Waals surface area contributed by atoms with Crippen molar-refractivity contribution >= 4 is 22.5 Å². The largest absolute Gasteiger partial charge is 0.492 e. The molecule has 3 aromatic rings. The van der Waals surface area contributed by atoms with E-state index in [1.165, 1.54) is 0 Å². The minimum atomic E-state index is 0.512. The van der Waals surface area contributed by atoms with Gasteiger partial charge in [-0.1, -0.05) is 23.7 Å². The number of ether oxygens (including phenoxy) is 1. The first-order valence-corrected chi connectivity index (χ1v) is 6.85. The van der Waals surface area contributed by atoms with Crippen LogP contribution in [0.15, 0.2) is 48.7 Å². The zero-order valence-electron chi connectivity index (χ0n) is 10.9. The van der Waals surface area contributed by atoms with Gasteiger partial charge in [0.25, 0.3) is 0 Å². The van der Waals surface area contributed by atoms with E-state index in [9.17, 15) is 0 Å². The van der Waals surface area contributed by atoms with E-state index in [1.54, 1.807) is 0 Å². The summed E-state index contributed by atoms with van der Waals surface area (Å²) in [6.45, 7) is 1.03. The molecule has 0 aliphatic carbocycles. The van der Waals surface area contributed by atoms with Crippen LogP contribution in [0.25, 0.3) is 22.0 Å². The van der Waals surface area contributed by atoms with Crippen molar-refractivity contribution in [3.05, 3.63) is 53.7 Å². The Balaban J connectivity index is 1.95. The van der Waals surface area contributed by atoms with Crippen LogP contribution >= 0.6 is 11.6 Å². The van der Waals surface area contributed by atoms with Crippen molar-refractivity contribution in [3.8, 4) is 16.9 Å². The van der Waals surface area contributed by atoms with Gasteiger partial charge >= 0.3 is 0 Å². The van der Waals surface area contributed by atoms with E-state index in [0.717, 1.165) is 32.8 Å². The number of H-pyrrole nitrogens is 1. The molecule has 4 heteroatoms. The minimum absolute atomic E-state index is 0.512. The maximum absolute atomic E-state index is 6.35. The third kappa shape index (κ3) is 2.50. The number of aromatic nitrogens is 1. The first-order chi connectivity index (χ1) is 9.78. The number of rotatable bonds is 4. The number of fused-ring (bicyclic) bond motifs is 1. The summed E-state index contributed by atoms with van der Waals surface area (Å²) < 4.78 is 5.47. The Morgan fingerprint density at radius 2 is 1.90 bits per heavy atom. The van der Waals surface area contributed by atoms with Gasteiger partial charge in [-0.25, -0.2) is 0 Å². The van der Waals surface area contributed by atoms with Gasteiger partial charge in [-0.05, 0) is 35.9 Å². The van der Waals surface area contributed by atoms with E-state index in [2.05, 4.69) is 11.1 Å². The molecule has 1 heterocycles. The lowest BCUT2D eigenvalue weighted by Gasteiger charge is -2.08. The molecule has 1 aromatic heterocycles. The first kappa shape index (κ1) is 13.0. The van der Waals surface area contributed by atoms with Crippen LogP contribution in [-0.4, -0.2) is 18.1 Å². The highest BCUT2D eigenvalue weighted by atomic mass is 35.5. The Morgan fingerprint density at radius 3 is 2.65 bits per heavy atom. The Kier molecular flexibility index (Phi) is 3.63. The number of nitrogens with two attached hydrogens (primary N) is 1. The molecule has 20 heavy (non-hydrogen) atoms. The van der Waals surface area contributed by atoms with Crippen LogP contribution in [0.1, 0.15) is 0 Å². The highest BCUT2D eigenvalue weighted by molar-refractivity contribution is 6.34. The van der Waals surface area contributed by atoms with E-state index >= 15 is 0 Å². The van der Waals surface area contributed by atoms with Gasteiger partial charge in [0.1, 0.15) is 12.4 Å². The molecule has 0 amide bonds. The monoisotopic (exact) mass is 286 g/mol. The number of benzene rings is 2. The van der Waals surface area contributed by atoms with Crippen LogP contribution in [0.5, 0.6) is 5.75 Å². The first-order valence-electron chi connectivity index (χ1n) is 6.48. The van der Waals surface area contributed by atoms with Crippen LogP contribution in [0.2, 0.25) is 5.02 Å². The molecule has 0 unspecified atom stereocenters. The van der Waals surface area contributed by atoms with Gasteiger partial charge in [0.05, 0.1) is 5.02 Å². The molecule has 0 spiro atoms. The summed E-state index contributed by atoms with van der Waals surface area (Å²) >= 11 is 6.35. The van der Waals surface area contributed by atoms with Crippen molar-refractivity contribution in [2.75, 3.05) is 13.2 Å². The van der Waals surface area contributed by atoms with Gasteiger partial charge in [-0.15, -0.1) is 0 Å². The SMILES string of the molecule is NCCOc1ccc(-c2cc3cc[nH]c3cc2Cl)cc1. The number of hydrogen-bond acceptors (Lipinski definition) is 2. The predicted octanol–water partition coefficient (Wildman–Crippen LogP) is 3.83. The smallest absolute Gasteiger partial charge is 0.119 e. The second-order valence-corrected chi connectivity index (χ2v) is 4.97. The molecule has 3 N–H and O–H groups in total. The maximum atomic E-state index is 6.35. The van der Waals surface area contributed by atoms with Crippen LogP contribution < -0.4 is 10.5 Å². The van der Waals surface area contributed by atoms with Gasteiger partial charge in [-0.2, -0.15) is 0 Å². The molecular formula is C16H15ClN2O. The number of hydrogen-bond donors (Lipinski definition) is 2. The topological polar surface area (TPSA) is 51.0 Å². The summed E-state index contributed by atoms with van der Waals surface area (Å²) in [6.07, 6.45) is 1.91. The number of halogens is 1. The molecule has 0 radical (unpaired) electrons. The van der Waals surface area contributed by atoms with Crippen molar-refractivity contribution < 1.29 is 4.74 Å². The lowest BCUT2D eigenvalue weighted by molar-refractivity contribution is 0.328. The fourth-order valence-electron chi connectivity index (χ4n) is 2.20. The van der Waals surface area contributed by atoms with Gasteiger partial charge in [-0.3, -0.25) is 0 Å². The average molecular weight is 287 g/mol. The molecular weight excluding hydrogens is 272 g/mol. The standard InChI is InChI=1S/C16H15ClN2O/c17-15-10-16-12(5-7-19-16)9-14(15)11-1-3-13(4-2-11)20-8-6-18/h1-5,7,9-10,19H,6,8,18H2. The molecule has 0 bridgehead atoms. The van der Waals surface area contributed by atoms with E-state index in [1.807, 2.05) is 42.6 Å². The fraction of sp³-hybridized carbons (Fsp3) is 0.125. The molecule has 3 nitrogen and oxygen atoms in total. The van der Waals surface area contributed by atoms with Crippen molar-refractivity contribution in [3.63, 3.8) is 0 Å². The Labute approximate surface area is 122 Å². The van der Waals surface area contributed by atoms with Crippen LogP contribution in [0.4, 0.5) is 0 Å². The summed E-state index contributed by atoms with van der Waals surface area (Å²) in [5, 5.41) is 1.88. The van der Waals surface area contributed by atoms with Crippen LogP contribution in [-0.2, 0) is 0 Å². The summed E-state index contributed by atoms with van der Waals surface area (Å²) in [4.78, 5) is 3.16. The number of aromatic amines is 1. The minimum Gasteiger partial charge on any atom is -0.492 e. The second-order valence-electron chi connectivity index (χ2n) is 4.56. The summed E-state index contributed by atoms with van der Waals surface area (Å²) in [7, 11) is 0. The zero-order valence-corrected chi connectivity index (χ0v) is 11.7. The molecule has 0 aliphatic rings. The van der Waals surface area contributed by atoms with E-state index in [-0.39, 0.29) is 0 Å². The summed E-state index contributed by atoms with van der Waals surface area (Å²) in [5.74, 6) is 0.818.